The van der Waals surface area contributed by atoms with Gasteiger partial charge in [-0.05, 0) is 70.1 Å². The molecule has 0 heterocycles. The molecular formula is C18H15BrFN3O3S. The second kappa shape index (κ2) is 9.79. The van der Waals surface area contributed by atoms with Crippen molar-refractivity contribution < 1.29 is 18.7 Å². The lowest BCUT2D eigenvalue weighted by molar-refractivity contribution is -0.115. The molecule has 0 unspecified atom stereocenters. The minimum Gasteiger partial charge on any atom is -0.496 e. The number of carbonyl (C=O) groups excluding carboxylic acids is 2. The first kappa shape index (κ1) is 20.5. The number of hydrogen-bond donors (Lipinski definition) is 3. The maximum Gasteiger partial charge on any atom is 0.269 e. The van der Waals surface area contributed by atoms with Gasteiger partial charge < -0.3 is 4.74 Å². The van der Waals surface area contributed by atoms with Crippen molar-refractivity contribution in [3.8, 4) is 5.75 Å². The van der Waals surface area contributed by atoms with E-state index in [2.05, 4.69) is 32.1 Å². The molecule has 0 aromatic heterocycles. The zero-order chi connectivity index (χ0) is 19.8. The van der Waals surface area contributed by atoms with E-state index < -0.39 is 11.8 Å². The number of rotatable bonds is 4. The molecule has 27 heavy (non-hydrogen) atoms. The third kappa shape index (κ3) is 6.46. The van der Waals surface area contributed by atoms with Crippen molar-refractivity contribution in [3.05, 3.63) is 70.0 Å². The van der Waals surface area contributed by atoms with E-state index >= 15 is 0 Å². The predicted octanol–water partition coefficient (Wildman–Crippen LogP) is 2.95. The Bertz CT molecular complexity index is 888. The maximum absolute atomic E-state index is 12.8. The number of hydrogen-bond acceptors (Lipinski definition) is 4. The quantitative estimate of drug-likeness (QED) is 0.378. The van der Waals surface area contributed by atoms with Crippen LogP contribution < -0.4 is 20.9 Å². The van der Waals surface area contributed by atoms with Crippen LogP contribution in [0, 0.1) is 5.82 Å². The molecule has 0 saturated carbocycles. The fraction of sp³-hybridized carbons (Fsp3) is 0.0556. The van der Waals surface area contributed by atoms with Crippen molar-refractivity contribution in [2.45, 2.75) is 0 Å². The Morgan fingerprint density at radius 1 is 1.15 bits per heavy atom. The second-order valence-corrected chi connectivity index (χ2v) is 6.39. The van der Waals surface area contributed by atoms with Gasteiger partial charge in [0.15, 0.2) is 5.11 Å². The molecule has 9 heteroatoms. The highest BCUT2D eigenvalue weighted by atomic mass is 79.9. The highest BCUT2D eigenvalue weighted by molar-refractivity contribution is 9.10. The summed E-state index contributed by atoms with van der Waals surface area (Å²) in [4.78, 5) is 23.9. The molecule has 2 aromatic carbocycles. The number of carbonyl (C=O) groups is 2. The van der Waals surface area contributed by atoms with Gasteiger partial charge in [-0.2, -0.15) is 0 Å². The van der Waals surface area contributed by atoms with Crippen molar-refractivity contribution >= 4 is 51.2 Å². The molecule has 0 fully saturated rings. The molecule has 0 aliphatic heterocycles. The van der Waals surface area contributed by atoms with E-state index in [-0.39, 0.29) is 10.9 Å². The number of methoxy groups -OCH3 is 1. The Kier molecular flexibility index (Phi) is 7.44. The van der Waals surface area contributed by atoms with Gasteiger partial charge >= 0.3 is 0 Å². The van der Waals surface area contributed by atoms with E-state index in [0.717, 1.165) is 0 Å². The molecule has 3 N–H and O–H groups in total. The van der Waals surface area contributed by atoms with E-state index in [9.17, 15) is 14.0 Å². The van der Waals surface area contributed by atoms with Crippen LogP contribution in [0.3, 0.4) is 0 Å². The maximum atomic E-state index is 12.8. The summed E-state index contributed by atoms with van der Waals surface area (Å²) in [5.41, 5.74) is 5.83. The first-order chi connectivity index (χ1) is 12.9. The minimum atomic E-state index is -0.502. The van der Waals surface area contributed by atoms with Crippen LogP contribution in [-0.4, -0.2) is 24.0 Å². The van der Waals surface area contributed by atoms with Crippen LogP contribution in [0.5, 0.6) is 5.75 Å². The average Bonchev–Trinajstić information content (AvgIpc) is 2.65. The third-order valence-electron chi connectivity index (χ3n) is 3.24. The SMILES string of the molecule is COc1ccc(C(=O)NNC(=S)NC(=O)/C=C/c2ccc(F)cc2)cc1Br. The van der Waals surface area contributed by atoms with Crippen molar-refractivity contribution in [1.82, 2.24) is 16.2 Å². The lowest BCUT2D eigenvalue weighted by Gasteiger charge is -2.10. The lowest BCUT2D eigenvalue weighted by atomic mass is 10.2. The van der Waals surface area contributed by atoms with E-state index in [1.807, 2.05) is 0 Å². The van der Waals surface area contributed by atoms with Crippen LogP contribution in [0.4, 0.5) is 4.39 Å². The largest absolute Gasteiger partial charge is 0.496 e. The number of amides is 2. The number of ether oxygens (including phenoxy) is 1. The smallest absolute Gasteiger partial charge is 0.269 e. The van der Waals surface area contributed by atoms with Gasteiger partial charge in [-0.25, -0.2) is 4.39 Å². The van der Waals surface area contributed by atoms with Gasteiger partial charge in [-0.3, -0.25) is 25.8 Å². The summed E-state index contributed by atoms with van der Waals surface area (Å²) >= 11 is 8.23. The first-order valence-electron chi connectivity index (χ1n) is 7.57. The highest BCUT2D eigenvalue weighted by Gasteiger charge is 2.09. The van der Waals surface area contributed by atoms with Crippen molar-refractivity contribution in [3.63, 3.8) is 0 Å². The predicted molar refractivity (Wildman–Crippen MR) is 107 cm³/mol. The molecule has 0 radical (unpaired) electrons. The third-order valence-corrected chi connectivity index (χ3v) is 4.06. The molecule has 0 bridgehead atoms. The topological polar surface area (TPSA) is 79.5 Å². The zero-order valence-corrected chi connectivity index (χ0v) is 16.5. The summed E-state index contributed by atoms with van der Waals surface area (Å²) in [6.07, 6.45) is 2.74. The summed E-state index contributed by atoms with van der Waals surface area (Å²) in [7, 11) is 1.52. The average molecular weight is 452 g/mol. The van der Waals surface area contributed by atoms with Crippen molar-refractivity contribution in [2.75, 3.05) is 7.11 Å². The molecule has 0 aliphatic rings. The summed E-state index contributed by atoms with van der Waals surface area (Å²) in [5, 5.41) is 2.30. The standard InChI is InChI=1S/C18H15BrFN3O3S/c1-26-15-8-5-12(10-14(15)19)17(25)22-23-18(27)21-16(24)9-4-11-2-6-13(20)7-3-11/h2-10H,1H3,(H,22,25)(H2,21,23,24,27)/b9-4+. The normalized spacial score (nSPS) is 10.3. The Morgan fingerprint density at radius 3 is 2.48 bits per heavy atom. The fourth-order valence-corrected chi connectivity index (χ4v) is 2.62. The Labute approximate surface area is 168 Å². The van der Waals surface area contributed by atoms with Crippen LogP contribution in [0.1, 0.15) is 15.9 Å². The molecule has 0 aliphatic carbocycles. The number of thiocarbonyl (C=S) groups is 1. The highest BCUT2D eigenvalue weighted by Crippen LogP contribution is 2.25. The summed E-state index contributed by atoms with van der Waals surface area (Å²) in [6.45, 7) is 0. The lowest BCUT2D eigenvalue weighted by Crippen LogP contribution is -2.48. The monoisotopic (exact) mass is 451 g/mol. The molecular weight excluding hydrogens is 437 g/mol. The Morgan fingerprint density at radius 2 is 1.85 bits per heavy atom. The number of hydrazine groups is 1. The number of halogens is 2. The summed E-state index contributed by atoms with van der Waals surface area (Å²) in [5.74, 6) is -0.716. The van der Waals surface area contributed by atoms with Gasteiger partial charge in [0.25, 0.3) is 5.91 Å². The summed E-state index contributed by atoms with van der Waals surface area (Å²) in [6, 6.07) is 10.4. The molecule has 0 spiro atoms. The Hall–Kier alpha value is -2.78. The minimum absolute atomic E-state index is 0.0790. The van der Waals surface area contributed by atoms with Crippen LogP contribution in [0.25, 0.3) is 6.08 Å². The van der Waals surface area contributed by atoms with Gasteiger partial charge in [-0.1, -0.05) is 12.1 Å². The van der Waals surface area contributed by atoms with Gasteiger partial charge in [0.05, 0.1) is 11.6 Å². The molecule has 0 atom stereocenters. The zero-order valence-electron chi connectivity index (χ0n) is 14.1. The van der Waals surface area contributed by atoms with E-state index in [4.69, 9.17) is 17.0 Å². The van der Waals surface area contributed by atoms with E-state index in [0.29, 0.717) is 21.3 Å². The summed E-state index contributed by atoms with van der Waals surface area (Å²) < 4.78 is 18.5. The van der Waals surface area contributed by atoms with Crippen LogP contribution in [-0.2, 0) is 4.79 Å². The molecule has 140 valence electrons. The van der Waals surface area contributed by atoms with Crippen molar-refractivity contribution in [2.24, 2.45) is 0 Å². The van der Waals surface area contributed by atoms with Gasteiger partial charge in [-0.15, -0.1) is 0 Å². The second-order valence-electron chi connectivity index (χ2n) is 5.13. The van der Waals surface area contributed by atoms with Gasteiger partial charge in [0, 0.05) is 11.6 Å². The molecule has 2 amide bonds. The number of nitrogens with one attached hydrogen (secondary N) is 3. The van der Waals surface area contributed by atoms with Crippen molar-refractivity contribution in [1.29, 1.82) is 0 Å². The Balaban J connectivity index is 1.82. The molecule has 2 rings (SSSR count). The van der Waals surface area contributed by atoms with Crippen LogP contribution in [0.2, 0.25) is 0 Å². The first-order valence-corrected chi connectivity index (χ1v) is 8.77. The molecule has 0 saturated heterocycles. The van der Waals surface area contributed by atoms with Crippen LogP contribution in [0.15, 0.2) is 53.0 Å². The molecule has 2 aromatic rings. The van der Waals surface area contributed by atoms with E-state index in [1.54, 1.807) is 18.2 Å². The van der Waals surface area contributed by atoms with E-state index in [1.165, 1.54) is 43.5 Å². The fourth-order valence-electron chi connectivity index (χ4n) is 1.92. The van der Waals surface area contributed by atoms with Gasteiger partial charge in [0.2, 0.25) is 5.91 Å². The number of benzene rings is 2. The van der Waals surface area contributed by atoms with Crippen LogP contribution >= 0.6 is 28.1 Å². The molecule has 6 nitrogen and oxygen atoms in total. The van der Waals surface area contributed by atoms with Gasteiger partial charge in [0.1, 0.15) is 11.6 Å².